The van der Waals surface area contributed by atoms with Crippen molar-refractivity contribution in [3.8, 4) is 0 Å². The molecule has 2 aliphatic rings. The summed E-state index contributed by atoms with van der Waals surface area (Å²) in [5, 5.41) is 9.82. The maximum Gasteiger partial charge on any atom is 0.407 e. The Balaban J connectivity index is 1.63. The van der Waals surface area contributed by atoms with E-state index >= 15 is 0 Å². The van der Waals surface area contributed by atoms with E-state index in [0.29, 0.717) is 19.5 Å². The topological polar surface area (TPSA) is 60.9 Å². The molecule has 3 atom stereocenters. The van der Waals surface area contributed by atoms with Gasteiger partial charge in [-0.2, -0.15) is 0 Å². The summed E-state index contributed by atoms with van der Waals surface area (Å²) < 4.78 is 0. The van der Waals surface area contributed by atoms with Crippen LogP contribution in [-0.4, -0.2) is 52.1 Å². The predicted octanol–water partition coefficient (Wildman–Crippen LogP) is 3.93. The molecule has 152 valence electrons. The van der Waals surface area contributed by atoms with Crippen LogP contribution in [0, 0.1) is 0 Å². The number of rotatable bonds is 4. The fourth-order valence-corrected chi connectivity index (χ4v) is 5.00. The van der Waals surface area contributed by atoms with Crippen molar-refractivity contribution in [2.75, 3.05) is 13.1 Å². The minimum Gasteiger partial charge on any atom is -0.465 e. The Bertz CT molecular complexity index is 870. The lowest BCUT2D eigenvalue weighted by molar-refractivity contribution is -0.136. The van der Waals surface area contributed by atoms with Crippen molar-refractivity contribution in [1.29, 1.82) is 0 Å². The van der Waals surface area contributed by atoms with Crippen LogP contribution in [0.3, 0.4) is 0 Å². The summed E-state index contributed by atoms with van der Waals surface area (Å²) in [5.41, 5.74) is 1.61. The highest BCUT2D eigenvalue weighted by Crippen LogP contribution is 2.39. The monoisotopic (exact) mass is 392 g/mol. The highest BCUT2D eigenvalue weighted by Gasteiger charge is 2.49. The first-order valence-corrected chi connectivity index (χ1v) is 10.4. The summed E-state index contributed by atoms with van der Waals surface area (Å²) in [6, 6.07) is 19.6. The van der Waals surface area contributed by atoms with E-state index in [1.54, 1.807) is 4.90 Å². The van der Waals surface area contributed by atoms with Crippen LogP contribution >= 0.6 is 0 Å². The second-order valence-corrected chi connectivity index (χ2v) is 8.39. The zero-order valence-corrected chi connectivity index (χ0v) is 16.8. The van der Waals surface area contributed by atoms with Crippen LogP contribution < -0.4 is 0 Å². The van der Waals surface area contributed by atoms with Gasteiger partial charge in [0.15, 0.2) is 0 Å². The Morgan fingerprint density at radius 1 is 1.07 bits per heavy atom. The molecule has 0 saturated carbocycles. The Morgan fingerprint density at radius 2 is 1.72 bits per heavy atom. The molecule has 5 heteroatoms. The SMILES string of the molecule is CC1(c2ccccc2)CCN(C2CCCN(C(=O)O)C2Cc2ccccc2)C1=O. The summed E-state index contributed by atoms with van der Waals surface area (Å²) in [5.74, 6) is 0.124. The van der Waals surface area contributed by atoms with Crippen molar-refractivity contribution in [3.63, 3.8) is 0 Å². The number of piperidine rings is 1. The molecule has 4 rings (SSSR count). The van der Waals surface area contributed by atoms with Gasteiger partial charge in [0, 0.05) is 13.1 Å². The van der Waals surface area contributed by atoms with Gasteiger partial charge in [0.1, 0.15) is 0 Å². The number of carbonyl (C=O) groups is 2. The van der Waals surface area contributed by atoms with Crippen molar-refractivity contribution in [3.05, 3.63) is 71.8 Å². The average molecular weight is 392 g/mol. The molecule has 3 unspecified atom stereocenters. The van der Waals surface area contributed by atoms with Crippen LogP contribution in [0.5, 0.6) is 0 Å². The number of hydrogen-bond acceptors (Lipinski definition) is 2. The molecule has 5 nitrogen and oxygen atoms in total. The smallest absolute Gasteiger partial charge is 0.407 e. The lowest BCUT2D eigenvalue weighted by Crippen LogP contribution is -2.58. The molecule has 2 aromatic carbocycles. The fraction of sp³-hybridized carbons (Fsp3) is 0.417. The van der Waals surface area contributed by atoms with E-state index in [0.717, 1.165) is 30.4 Å². The molecule has 2 heterocycles. The normalized spacial score (nSPS) is 27.3. The lowest BCUT2D eigenvalue weighted by atomic mass is 9.81. The van der Waals surface area contributed by atoms with Gasteiger partial charge in [0.2, 0.25) is 5.91 Å². The van der Waals surface area contributed by atoms with Crippen LogP contribution in [0.2, 0.25) is 0 Å². The van der Waals surface area contributed by atoms with E-state index in [1.165, 1.54) is 0 Å². The summed E-state index contributed by atoms with van der Waals surface area (Å²) in [7, 11) is 0. The third-order valence-electron chi connectivity index (χ3n) is 6.67. The number of amides is 2. The van der Waals surface area contributed by atoms with E-state index in [9.17, 15) is 14.7 Å². The Kier molecular flexibility index (Phi) is 5.31. The zero-order valence-electron chi connectivity index (χ0n) is 16.8. The third kappa shape index (κ3) is 3.61. The summed E-state index contributed by atoms with van der Waals surface area (Å²) in [6.07, 6.45) is 2.13. The van der Waals surface area contributed by atoms with Crippen molar-refractivity contribution in [1.82, 2.24) is 9.80 Å². The number of carbonyl (C=O) groups excluding carboxylic acids is 1. The molecule has 2 amide bonds. The minimum absolute atomic E-state index is 0.0851. The van der Waals surface area contributed by atoms with Gasteiger partial charge in [0.25, 0.3) is 0 Å². The highest BCUT2D eigenvalue weighted by atomic mass is 16.4. The molecule has 1 N–H and O–H groups in total. The van der Waals surface area contributed by atoms with E-state index in [1.807, 2.05) is 72.5 Å². The zero-order chi connectivity index (χ0) is 20.4. The Hall–Kier alpha value is -2.82. The van der Waals surface area contributed by atoms with E-state index < -0.39 is 11.5 Å². The fourth-order valence-electron chi connectivity index (χ4n) is 5.00. The highest BCUT2D eigenvalue weighted by molar-refractivity contribution is 5.90. The van der Waals surface area contributed by atoms with Gasteiger partial charge in [-0.1, -0.05) is 60.7 Å². The van der Waals surface area contributed by atoms with Crippen LogP contribution in [0.1, 0.15) is 37.3 Å². The number of likely N-dealkylation sites (tertiary alicyclic amines) is 2. The van der Waals surface area contributed by atoms with Gasteiger partial charge in [-0.15, -0.1) is 0 Å². The van der Waals surface area contributed by atoms with E-state index in [2.05, 4.69) is 0 Å². The molecule has 2 aliphatic heterocycles. The van der Waals surface area contributed by atoms with Crippen LogP contribution in [0.15, 0.2) is 60.7 Å². The standard InChI is InChI=1S/C24H28N2O3/c1-24(19-11-6-3-7-12-19)14-16-25(22(24)27)20-13-8-15-26(23(28)29)21(20)17-18-9-4-2-5-10-18/h2-7,9-12,20-21H,8,13-17H2,1H3,(H,28,29). The first kappa shape index (κ1) is 19.5. The summed E-state index contributed by atoms with van der Waals surface area (Å²) >= 11 is 0. The minimum atomic E-state index is -0.895. The van der Waals surface area contributed by atoms with Gasteiger partial charge in [-0.05, 0) is 43.7 Å². The van der Waals surface area contributed by atoms with Gasteiger partial charge in [-0.3, -0.25) is 4.79 Å². The van der Waals surface area contributed by atoms with E-state index in [-0.39, 0.29) is 18.0 Å². The molecule has 0 aliphatic carbocycles. The molecule has 29 heavy (non-hydrogen) atoms. The molecule has 2 saturated heterocycles. The number of hydrogen-bond donors (Lipinski definition) is 1. The molecule has 0 radical (unpaired) electrons. The molecule has 0 spiro atoms. The van der Waals surface area contributed by atoms with Gasteiger partial charge < -0.3 is 14.9 Å². The molecular formula is C24H28N2O3. The van der Waals surface area contributed by atoms with Crippen molar-refractivity contribution in [2.24, 2.45) is 0 Å². The molecule has 0 aromatic heterocycles. The first-order chi connectivity index (χ1) is 14.0. The molecular weight excluding hydrogens is 364 g/mol. The number of carboxylic acid groups (broad SMARTS) is 1. The summed E-state index contributed by atoms with van der Waals surface area (Å²) in [6.45, 7) is 3.23. The van der Waals surface area contributed by atoms with Crippen LogP contribution in [0.25, 0.3) is 0 Å². The predicted molar refractivity (Wildman–Crippen MR) is 112 cm³/mol. The molecule has 0 bridgehead atoms. The van der Waals surface area contributed by atoms with Crippen LogP contribution in [0.4, 0.5) is 4.79 Å². The maximum absolute atomic E-state index is 13.6. The van der Waals surface area contributed by atoms with Gasteiger partial charge in [0.05, 0.1) is 17.5 Å². The molecule has 2 aromatic rings. The number of nitrogens with zero attached hydrogens (tertiary/aromatic N) is 2. The maximum atomic E-state index is 13.6. The Morgan fingerprint density at radius 3 is 2.38 bits per heavy atom. The second kappa shape index (κ2) is 7.90. The Labute approximate surface area is 171 Å². The number of benzene rings is 2. The summed E-state index contributed by atoms with van der Waals surface area (Å²) in [4.78, 5) is 29.0. The van der Waals surface area contributed by atoms with Crippen LogP contribution in [-0.2, 0) is 16.6 Å². The van der Waals surface area contributed by atoms with Crippen molar-refractivity contribution < 1.29 is 14.7 Å². The third-order valence-corrected chi connectivity index (χ3v) is 6.67. The van der Waals surface area contributed by atoms with Crippen molar-refractivity contribution >= 4 is 12.0 Å². The van der Waals surface area contributed by atoms with Gasteiger partial charge in [-0.25, -0.2) is 4.79 Å². The quantitative estimate of drug-likeness (QED) is 0.858. The first-order valence-electron chi connectivity index (χ1n) is 10.4. The molecule has 2 fully saturated rings. The average Bonchev–Trinajstić information content (AvgIpc) is 3.05. The lowest BCUT2D eigenvalue weighted by Gasteiger charge is -2.44. The second-order valence-electron chi connectivity index (χ2n) is 8.39. The van der Waals surface area contributed by atoms with Gasteiger partial charge >= 0.3 is 6.09 Å². The van der Waals surface area contributed by atoms with Crippen molar-refractivity contribution in [2.45, 2.75) is 50.1 Å². The largest absolute Gasteiger partial charge is 0.465 e. The van der Waals surface area contributed by atoms with E-state index in [4.69, 9.17) is 0 Å².